The van der Waals surface area contributed by atoms with Crippen molar-refractivity contribution < 1.29 is 14.7 Å². The van der Waals surface area contributed by atoms with E-state index in [0.717, 1.165) is 0 Å². The lowest BCUT2D eigenvalue weighted by Gasteiger charge is -2.02. The van der Waals surface area contributed by atoms with E-state index in [1.807, 2.05) is 0 Å². The van der Waals surface area contributed by atoms with E-state index in [0.29, 0.717) is 6.61 Å². The Morgan fingerprint density at radius 3 is 2.67 bits per heavy atom. The number of oxime groups is 1. The van der Waals surface area contributed by atoms with Gasteiger partial charge in [0.25, 0.3) is 0 Å². The van der Waals surface area contributed by atoms with Crippen LogP contribution >= 0.6 is 0 Å². The predicted octanol–water partition coefficient (Wildman–Crippen LogP) is -0.168. The van der Waals surface area contributed by atoms with Gasteiger partial charge in [0.15, 0.2) is 11.5 Å². The lowest BCUT2D eigenvalue weighted by molar-refractivity contribution is 0.0689. The molecule has 15 heavy (non-hydrogen) atoms. The van der Waals surface area contributed by atoms with Gasteiger partial charge in [0.2, 0.25) is 0 Å². The Balaban J connectivity index is 3.07. The monoisotopic (exact) mass is 210 g/mol. The van der Waals surface area contributed by atoms with E-state index in [2.05, 4.69) is 20.0 Å². The van der Waals surface area contributed by atoms with E-state index < -0.39 is 5.97 Å². The molecule has 1 heterocycles. The summed E-state index contributed by atoms with van der Waals surface area (Å²) in [5.41, 5.74) is 5.23. The zero-order chi connectivity index (χ0) is 11.3. The van der Waals surface area contributed by atoms with Crippen molar-refractivity contribution >= 4 is 11.8 Å². The van der Waals surface area contributed by atoms with Gasteiger partial charge in [-0.2, -0.15) is 0 Å². The van der Waals surface area contributed by atoms with E-state index in [9.17, 15) is 4.79 Å². The molecule has 0 aliphatic carbocycles. The van der Waals surface area contributed by atoms with Crippen LogP contribution in [-0.2, 0) is 4.84 Å². The summed E-state index contributed by atoms with van der Waals surface area (Å²) in [6.07, 6.45) is 2.59. The predicted molar refractivity (Wildman–Crippen MR) is 51.3 cm³/mol. The topological polar surface area (TPSA) is 111 Å². The van der Waals surface area contributed by atoms with Crippen molar-refractivity contribution in [3.63, 3.8) is 0 Å². The van der Waals surface area contributed by atoms with Crippen LogP contribution in [0.15, 0.2) is 17.5 Å². The minimum atomic E-state index is -1.22. The number of amidine groups is 1. The molecule has 0 saturated carbocycles. The van der Waals surface area contributed by atoms with E-state index in [-0.39, 0.29) is 17.2 Å². The molecule has 0 bridgehead atoms. The SMILES string of the molecule is CCON=C(N)c1nccnc1C(=O)O. The first-order valence-electron chi connectivity index (χ1n) is 4.17. The fourth-order valence-corrected chi connectivity index (χ4v) is 0.859. The van der Waals surface area contributed by atoms with Gasteiger partial charge in [0.1, 0.15) is 12.3 Å². The fraction of sp³-hybridized carbons (Fsp3) is 0.250. The number of aromatic nitrogens is 2. The number of hydrogen-bond donors (Lipinski definition) is 2. The molecule has 0 atom stereocenters. The average Bonchev–Trinajstić information content (AvgIpc) is 2.25. The van der Waals surface area contributed by atoms with Gasteiger partial charge in [-0.05, 0) is 6.92 Å². The molecule has 1 rings (SSSR count). The number of carboxylic acids is 1. The Bertz CT molecular complexity index is 391. The van der Waals surface area contributed by atoms with Gasteiger partial charge in [0.05, 0.1) is 0 Å². The molecule has 80 valence electrons. The molecule has 7 nitrogen and oxygen atoms in total. The Morgan fingerprint density at radius 1 is 1.53 bits per heavy atom. The van der Waals surface area contributed by atoms with Gasteiger partial charge in [-0.25, -0.2) is 14.8 Å². The fourth-order valence-electron chi connectivity index (χ4n) is 0.859. The summed E-state index contributed by atoms with van der Waals surface area (Å²) < 4.78 is 0. The summed E-state index contributed by atoms with van der Waals surface area (Å²) in [6.45, 7) is 2.06. The molecular weight excluding hydrogens is 200 g/mol. The van der Waals surface area contributed by atoms with E-state index in [4.69, 9.17) is 10.8 Å². The second kappa shape index (κ2) is 4.89. The average molecular weight is 210 g/mol. The first kappa shape index (κ1) is 10.9. The van der Waals surface area contributed by atoms with Crippen LogP contribution in [0.2, 0.25) is 0 Å². The van der Waals surface area contributed by atoms with Gasteiger partial charge < -0.3 is 15.7 Å². The quantitative estimate of drug-likeness (QED) is 0.405. The molecule has 0 aliphatic heterocycles. The summed E-state index contributed by atoms with van der Waals surface area (Å²) in [7, 11) is 0. The van der Waals surface area contributed by atoms with Crippen molar-refractivity contribution in [3.8, 4) is 0 Å². The lowest BCUT2D eigenvalue weighted by Crippen LogP contribution is -2.21. The van der Waals surface area contributed by atoms with Gasteiger partial charge in [-0.1, -0.05) is 5.16 Å². The number of aromatic carboxylic acids is 1. The van der Waals surface area contributed by atoms with Gasteiger partial charge >= 0.3 is 5.97 Å². The van der Waals surface area contributed by atoms with Crippen molar-refractivity contribution in [3.05, 3.63) is 23.8 Å². The van der Waals surface area contributed by atoms with Crippen LogP contribution in [0, 0.1) is 0 Å². The number of carboxylic acid groups (broad SMARTS) is 1. The Morgan fingerprint density at radius 2 is 2.13 bits per heavy atom. The maximum atomic E-state index is 10.7. The van der Waals surface area contributed by atoms with Gasteiger partial charge in [-0.3, -0.25) is 0 Å². The minimum Gasteiger partial charge on any atom is -0.476 e. The molecule has 1 aromatic heterocycles. The third-order valence-electron chi connectivity index (χ3n) is 1.44. The minimum absolute atomic E-state index is 0.00144. The van der Waals surface area contributed by atoms with Gasteiger partial charge in [0, 0.05) is 12.4 Å². The lowest BCUT2D eigenvalue weighted by atomic mass is 10.3. The number of rotatable bonds is 4. The summed E-state index contributed by atoms with van der Waals surface area (Å²) in [6, 6.07) is 0. The number of carbonyl (C=O) groups is 1. The van der Waals surface area contributed by atoms with Crippen LogP contribution in [0.1, 0.15) is 23.1 Å². The van der Waals surface area contributed by atoms with Crippen LogP contribution in [0.4, 0.5) is 0 Å². The van der Waals surface area contributed by atoms with Gasteiger partial charge in [-0.15, -0.1) is 0 Å². The van der Waals surface area contributed by atoms with E-state index in [1.165, 1.54) is 12.4 Å². The highest BCUT2D eigenvalue weighted by Crippen LogP contribution is 2.01. The number of nitrogens with zero attached hydrogens (tertiary/aromatic N) is 3. The maximum absolute atomic E-state index is 10.7. The van der Waals surface area contributed by atoms with E-state index >= 15 is 0 Å². The molecule has 1 aromatic rings. The highest BCUT2D eigenvalue weighted by Gasteiger charge is 2.15. The smallest absolute Gasteiger partial charge is 0.356 e. The van der Waals surface area contributed by atoms with Crippen LogP contribution in [0.3, 0.4) is 0 Å². The summed E-state index contributed by atoms with van der Waals surface area (Å²) in [5, 5.41) is 12.3. The van der Waals surface area contributed by atoms with Crippen molar-refractivity contribution in [2.45, 2.75) is 6.92 Å². The van der Waals surface area contributed by atoms with Crippen LogP contribution in [-0.4, -0.2) is 33.5 Å². The third kappa shape index (κ3) is 2.63. The first-order valence-corrected chi connectivity index (χ1v) is 4.17. The molecule has 0 amide bonds. The van der Waals surface area contributed by atoms with Crippen LogP contribution in [0.25, 0.3) is 0 Å². The zero-order valence-corrected chi connectivity index (χ0v) is 8.04. The first-order chi connectivity index (χ1) is 7.16. The van der Waals surface area contributed by atoms with E-state index in [1.54, 1.807) is 6.92 Å². The largest absolute Gasteiger partial charge is 0.476 e. The number of nitrogens with two attached hydrogens (primary N) is 1. The second-order valence-electron chi connectivity index (χ2n) is 2.45. The maximum Gasteiger partial charge on any atom is 0.356 e. The van der Waals surface area contributed by atoms with Crippen molar-refractivity contribution in [2.75, 3.05) is 6.61 Å². The van der Waals surface area contributed by atoms with Crippen molar-refractivity contribution in [2.24, 2.45) is 10.9 Å². The summed E-state index contributed by atoms with van der Waals surface area (Å²) in [4.78, 5) is 22.8. The molecule has 0 spiro atoms. The molecule has 0 fully saturated rings. The molecule has 3 N–H and O–H groups in total. The zero-order valence-electron chi connectivity index (χ0n) is 8.04. The Hall–Kier alpha value is -2.18. The molecule has 0 radical (unpaired) electrons. The molecule has 0 saturated heterocycles. The highest BCUT2D eigenvalue weighted by molar-refractivity contribution is 6.03. The number of hydrogen-bond acceptors (Lipinski definition) is 5. The molecule has 0 unspecified atom stereocenters. The summed E-state index contributed by atoms with van der Waals surface area (Å²) >= 11 is 0. The van der Waals surface area contributed by atoms with Crippen LogP contribution < -0.4 is 5.73 Å². The Labute approximate surface area is 85.6 Å². The standard InChI is InChI=1S/C8H10N4O3/c1-2-15-12-7(9)5-6(8(13)14)11-4-3-10-5/h3-4H,2H2,1H3,(H2,9,12)(H,13,14). The second-order valence-corrected chi connectivity index (χ2v) is 2.45. The molecule has 7 heteroatoms. The molecule has 0 aliphatic rings. The highest BCUT2D eigenvalue weighted by atomic mass is 16.6. The molecule has 0 aromatic carbocycles. The Kier molecular flexibility index (Phi) is 3.55. The summed E-state index contributed by atoms with van der Waals surface area (Å²) in [5.74, 6) is -1.32. The molecular formula is C8H10N4O3. The third-order valence-corrected chi connectivity index (χ3v) is 1.44. The van der Waals surface area contributed by atoms with Crippen molar-refractivity contribution in [1.82, 2.24) is 9.97 Å². The van der Waals surface area contributed by atoms with Crippen molar-refractivity contribution in [1.29, 1.82) is 0 Å². The normalized spacial score (nSPS) is 11.1. The van der Waals surface area contributed by atoms with Crippen LogP contribution in [0.5, 0.6) is 0 Å².